The molecule has 6 heteroatoms. The van der Waals surface area contributed by atoms with Crippen LogP contribution in [0, 0.1) is 11.7 Å². The van der Waals surface area contributed by atoms with E-state index in [9.17, 15) is 4.39 Å². The average molecular weight is 409 g/mol. The summed E-state index contributed by atoms with van der Waals surface area (Å²) in [5.41, 5.74) is 3.89. The van der Waals surface area contributed by atoms with Crippen LogP contribution in [0.2, 0.25) is 5.15 Å². The summed E-state index contributed by atoms with van der Waals surface area (Å²) in [4.78, 5) is 16.7. The fourth-order valence-electron chi connectivity index (χ4n) is 4.77. The predicted molar refractivity (Wildman–Crippen MR) is 114 cm³/mol. The first kappa shape index (κ1) is 18.5. The summed E-state index contributed by atoms with van der Waals surface area (Å²) in [5, 5.41) is 1.41. The molecular formula is C23H22ClFN4. The van der Waals surface area contributed by atoms with Crippen LogP contribution in [0.1, 0.15) is 55.8 Å². The van der Waals surface area contributed by atoms with Gasteiger partial charge in [0.2, 0.25) is 0 Å². The van der Waals surface area contributed by atoms with E-state index in [4.69, 9.17) is 16.6 Å². The second kappa shape index (κ2) is 7.38. The van der Waals surface area contributed by atoms with Crippen LogP contribution < -0.4 is 0 Å². The van der Waals surface area contributed by atoms with Crippen molar-refractivity contribution in [3.63, 3.8) is 0 Å². The summed E-state index contributed by atoms with van der Waals surface area (Å²) < 4.78 is 13.8. The number of H-pyrrole nitrogens is 1. The van der Waals surface area contributed by atoms with Gasteiger partial charge in [-0.3, -0.25) is 4.98 Å². The summed E-state index contributed by atoms with van der Waals surface area (Å²) in [5.74, 6) is 2.16. The molecule has 148 valence electrons. The van der Waals surface area contributed by atoms with E-state index in [-0.39, 0.29) is 5.82 Å². The molecule has 1 aromatic carbocycles. The second-order valence-electron chi connectivity index (χ2n) is 8.11. The quantitative estimate of drug-likeness (QED) is 0.400. The van der Waals surface area contributed by atoms with Gasteiger partial charge in [-0.15, -0.1) is 0 Å². The molecule has 0 saturated heterocycles. The molecular weight excluding hydrogens is 387 g/mol. The smallest absolute Gasteiger partial charge is 0.131 e. The highest BCUT2D eigenvalue weighted by Crippen LogP contribution is 2.42. The lowest BCUT2D eigenvalue weighted by Gasteiger charge is -2.32. The van der Waals surface area contributed by atoms with Crippen molar-refractivity contribution in [1.82, 2.24) is 19.9 Å². The Kier molecular flexibility index (Phi) is 4.70. The standard InChI is InChI=1S/C23H22ClFN4/c1-13(23-28-20-11-22(24)27-12-21(20)29-23)14-2-4-15(5-3-14)17-8-9-26-19-7-6-16(25)10-18(17)19/h6-15H,2-5H2,1H3,(H,28,29)/t13?,14-,15-. The largest absolute Gasteiger partial charge is 0.340 e. The van der Waals surface area contributed by atoms with Crippen LogP contribution >= 0.6 is 11.6 Å². The van der Waals surface area contributed by atoms with E-state index in [1.807, 2.05) is 6.20 Å². The van der Waals surface area contributed by atoms with Crippen LogP contribution in [0.15, 0.2) is 42.7 Å². The van der Waals surface area contributed by atoms with Crippen molar-refractivity contribution in [2.45, 2.75) is 44.4 Å². The first-order valence-corrected chi connectivity index (χ1v) is 10.5. The average Bonchev–Trinajstić information content (AvgIpc) is 3.16. The normalized spacial score (nSPS) is 20.9. The lowest BCUT2D eigenvalue weighted by molar-refractivity contribution is 0.286. The van der Waals surface area contributed by atoms with Crippen LogP contribution in [-0.2, 0) is 0 Å². The van der Waals surface area contributed by atoms with Gasteiger partial charge in [0.25, 0.3) is 0 Å². The molecule has 1 aliphatic carbocycles. The fraction of sp³-hybridized carbons (Fsp3) is 0.348. The Labute approximate surface area is 173 Å². The van der Waals surface area contributed by atoms with Gasteiger partial charge in [0.15, 0.2) is 0 Å². The minimum Gasteiger partial charge on any atom is -0.340 e. The minimum absolute atomic E-state index is 0.200. The van der Waals surface area contributed by atoms with E-state index < -0.39 is 0 Å². The number of imidazole rings is 1. The number of halogens is 2. The van der Waals surface area contributed by atoms with Gasteiger partial charge in [-0.25, -0.2) is 14.4 Å². The Morgan fingerprint density at radius 2 is 1.90 bits per heavy atom. The van der Waals surface area contributed by atoms with Crippen LogP contribution in [0.3, 0.4) is 0 Å². The van der Waals surface area contributed by atoms with Crippen LogP contribution in [0.5, 0.6) is 0 Å². The third-order valence-corrected chi connectivity index (χ3v) is 6.65. The summed E-state index contributed by atoms with van der Waals surface area (Å²) in [6.45, 7) is 2.24. The number of benzene rings is 1. The van der Waals surface area contributed by atoms with Crippen LogP contribution in [-0.4, -0.2) is 19.9 Å². The van der Waals surface area contributed by atoms with E-state index in [0.717, 1.165) is 53.4 Å². The zero-order valence-electron chi connectivity index (χ0n) is 16.2. The predicted octanol–water partition coefficient (Wildman–Crippen LogP) is 6.38. The van der Waals surface area contributed by atoms with Crippen molar-refractivity contribution >= 4 is 33.5 Å². The molecule has 1 N–H and O–H groups in total. The first-order valence-electron chi connectivity index (χ1n) is 10.1. The third kappa shape index (κ3) is 3.48. The van der Waals surface area contributed by atoms with Crippen molar-refractivity contribution < 1.29 is 4.39 Å². The Hall–Kier alpha value is -2.53. The number of aromatic nitrogens is 4. The molecule has 1 unspecified atom stereocenters. The molecule has 4 nitrogen and oxygen atoms in total. The van der Waals surface area contributed by atoms with Gasteiger partial charge in [0.1, 0.15) is 16.8 Å². The molecule has 1 aliphatic rings. The summed E-state index contributed by atoms with van der Waals surface area (Å²) in [7, 11) is 0. The SMILES string of the molecule is CC(c1nc2cc(Cl)ncc2[nH]1)[C@H]1CC[C@H](c2ccnc3ccc(F)cc32)CC1. The summed E-state index contributed by atoms with van der Waals surface area (Å²) in [6.07, 6.45) is 8.03. The van der Waals surface area contributed by atoms with Crippen molar-refractivity contribution in [3.05, 3.63) is 65.1 Å². The monoisotopic (exact) mass is 408 g/mol. The number of nitrogens with one attached hydrogen (secondary N) is 1. The fourth-order valence-corrected chi connectivity index (χ4v) is 4.92. The first-order chi connectivity index (χ1) is 14.1. The van der Waals surface area contributed by atoms with Gasteiger partial charge in [-0.2, -0.15) is 0 Å². The number of hydrogen-bond acceptors (Lipinski definition) is 3. The van der Waals surface area contributed by atoms with Gasteiger partial charge >= 0.3 is 0 Å². The van der Waals surface area contributed by atoms with Gasteiger partial charge in [-0.1, -0.05) is 18.5 Å². The molecule has 3 heterocycles. The molecule has 0 bridgehead atoms. The Morgan fingerprint density at radius 3 is 2.72 bits per heavy atom. The molecule has 1 atom stereocenters. The zero-order chi connectivity index (χ0) is 20.0. The lowest BCUT2D eigenvalue weighted by atomic mass is 9.73. The van der Waals surface area contributed by atoms with E-state index >= 15 is 0 Å². The molecule has 5 rings (SSSR count). The van der Waals surface area contributed by atoms with E-state index in [0.29, 0.717) is 22.9 Å². The number of rotatable bonds is 3. The zero-order valence-corrected chi connectivity index (χ0v) is 17.0. The molecule has 1 saturated carbocycles. The molecule has 0 amide bonds. The number of hydrogen-bond donors (Lipinski definition) is 1. The maximum atomic E-state index is 13.8. The molecule has 0 aliphatic heterocycles. The summed E-state index contributed by atoms with van der Waals surface area (Å²) >= 11 is 5.99. The minimum atomic E-state index is -0.200. The van der Waals surface area contributed by atoms with Gasteiger partial charge in [0.05, 0.1) is 22.7 Å². The molecule has 1 fully saturated rings. The van der Waals surface area contributed by atoms with E-state index in [1.165, 1.54) is 11.6 Å². The molecule has 0 spiro atoms. The number of aromatic amines is 1. The number of pyridine rings is 2. The van der Waals surface area contributed by atoms with E-state index in [2.05, 4.69) is 27.9 Å². The van der Waals surface area contributed by atoms with Crippen molar-refractivity contribution in [2.75, 3.05) is 0 Å². The van der Waals surface area contributed by atoms with Gasteiger partial charge < -0.3 is 4.98 Å². The van der Waals surface area contributed by atoms with Crippen LogP contribution in [0.25, 0.3) is 21.9 Å². The van der Waals surface area contributed by atoms with Gasteiger partial charge in [-0.05, 0) is 67.3 Å². The highest BCUT2D eigenvalue weighted by Gasteiger charge is 2.29. The molecule has 29 heavy (non-hydrogen) atoms. The topological polar surface area (TPSA) is 54.5 Å². The van der Waals surface area contributed by atoms with Gasteiger partial charge in [0, 0.05) is 23.6 Å². The third-order valence-electron chi connectivity index (χ3n) is 6.44. The summed E-state index contributed by atoms with van der Waals surface area (Å²) in [6, 6.07) is 8.73. The number of nitrogens with zero attached hydrogens (tertiary/aromatic N) is 3. The maximum absolute atomic E-state index is 13.8. The Bertz CT molecular complexity index is 1180. The van der Waals surface area contributed by atoms with Crippen molar-refractivity contribution in [1.29, 1.82) is 0 Å². The van der Waals surface area contributed by atoms with Crippen molar-refractivity contribution in [2.24, 2.45) is 5.92 Å². The number of fused-ring (bicyclic) bond motifs is 2. The second-order valence-corrected chi connectivity index (χ2v) is 8.50. The lowest BCUT2D eigenvalue weighted by Crippen LogP contribution is -2.19. The Morgan fingerprint density at radius 1 is 1.07 bits per heavy atom. The molecule has 0 radical (unpaired) electrons. The van der Waals surface area contributed by atoms with E-state index in [1.54, 1.807) is 24.4 Å². The highest BCUT2D eigenvalue weighted by atomic mass is 35.5. The maximum Gasteiger partial charge on any atom is 0.131 e. The molecule has 4 aromatic rings. The Balaban J connectivity index is 1.34. The van der Waals surface area contributed by atoms with Crippen molar-refractivity contribution in [3.8, 4) is 0 Å². The highest BCUT2D eigenvalue weighted by molar-refractivity contribution is 6.29. The van der Waals surface area contributed by atoms with Crippen LogP contribution in [0.4, 0.5) is 4.39 Å². The molecule has 3 aromatic heterocycles.